The van der Waals surface area contributed by atoms with Crippen molar-refractivity contribution in [1.29, 1.82) is 5.26 Å². The molecular formula is C22H18F3N7O2S. The molecule has 3 N–H and O–H groups in total. The Morgan fingerprint density at radius 1 is 1.14 bits per heavy atom. The van der Waals surface area contributed by atoms with Gasteiger partial charge in [-0.05, 0) is 43.7 Å². The maximum atomic E-state index is 12.8. The third kappa shape index (κ3) is 4.53. The van der Waals surface area contributed by atoms with Gasteiger partial charge in [0.1, 0.15) is 28.5 Å². The van der Waals surface area contributed by atoms with Crippen LogP contribution in [-0.2, 0) is 10.0 Å². The van der Waals surface area contributed by atoms with Crippen LogP contribution in [0.1, 0.15) is 18.1 Å². The topological polar surface area (TPSA) is 140 Å². The molecule has 0 radical (unpaired) electrons. The number of anilines is 1. The molecule has 0 aromatic carbocycles. The quantitative estimate of drug-likeness (QED) is 0.427. The van der Waals surface area contributed by atoms with E-state index >= 15 is 0 Å². The number of hydrogen-bond donors (Lipinski definition) is 2. The Morgan fingerprint density at radius 2 is 1.89 bits per heavy atom. The lowest BCUT2D eigenvalue weighted by molar-refractivity contribution is -0.147. The van der Waals surface area contributed by atoms with Crippen LogP contribution in [0.15, 0.2) is 53.8 Å². The van der Waals surface area contributed by atoms with Crippen LogP contribution in [0.4, 0.5) is 18.9 Å². The molecule has 13 heteroatoms. The maximum Gasteiger partial charge on any atom is 0.404 e. The monoisotopic (exact) mass is 501 g/mol. The van der Waals surface area contributed by atoms with Gasteiger partial charge in [0.25, 0.3) is 0 Å². The SMILES string of the molecule is Cc1cnc2c(c1)c(C#N)c(-c1ccc(S(=O)(=O)N[C@@H](C)C(F)(F)F)cn1)n2-c1cc(N)ccn1. The molecule has 0 amide bonds. The number of pyridine rings is 3. The zero-order valence-electron chi connectivity index (χ0n) is 18.4. The number of aryl methyl sites for hydroxylation is 1. The maximum absolute atomic E-state index is 12.8. The number of hydrogen-bond acceptors (Lipinski definition) is 7. The largest absolute Gasteiger partial charge is 0.404 e. The van der Waals surface area contributed by atoms with Gasteiger partial charge in [-0.1, -0.05) is 0 Å². The molecular weight excluding hydrogens is 483 g/mol. The molecule has 35 heavy (non-hydrogen) atoms. The molecule has 4 aromatic heterocycles. The molecule has 180 valence electrons. The van der Waals surface area contributed by atoms with E-state index in [-0.39, 0.29) is 17.0 Å². The molecule has 0 saturated carbocycles. The molecule has 0 unspecified atom stereocenters. The summed E-state index contributed by atoms with van der Waals surface area (Å²) in [6.45, 7) is 2.51. The Hall–Kier alpha value is -4.02. The fourth-order valence-corrected chi connectivity index (χ4v) is 4.63. The van der Waals surface area contributed by atoms with Gasteiger partial charge in [0.05, 0.1) is 17.0 Å². The van der Waals surface area contributed by atoms with E-state index in [1.807, 2.05) is 6.92 Å². The fourth-order valence-electron chi connectivity index (χ4n) is 3.45. The number of nitrogens with zero attached hydrogens (tertiary/aromatic N) is 5. The zero-order valence-corrected chi connectivity index (χ0v) is 19.2. The van der Waals surface area contributed by atoms with Gasteiger partial charge in [0, 0.05) is 35.7 Å². The van der Waals surface area contributed by atoms with Crippen molar-refractivity contribution in [1.82, 2.24) is 24.2 Å². The third-order valence-electron chi connectivity index (χ3n) is 5.17. The molecule has 0 aliphatic rings. The highest BCUT2D eigenvalue weighted by atomic mass is 32.2. The highest BCUT2D eigenvalue weighted by molar-refractivity contribution is 7.89. The van der Waals surface area contributed by atoms with Crippen LogP contribution < -0.4 is 10.5 Å². The van der Waals surface area contributed by atoms with E-state index in [1.165, 1.54) is 12.3 Å². The summed E-state index contributed by atoms with van der Waals surface area (Å²) in [6.07, 6.45) is -0.724. The predicted octanol–water partition coefficient (Wildman–Crippen LogP) is 3.47. The summed E-state index contributed by atoms with van der Waals surface area (Å²) in [5.74, 6) is 0.349. The minimum absolute atomic E-state index is 0.184. The highest BCUT2D eigenvalue weighted by Gasteiger charge is 2.39. The number of nitrogen functional groups attached to an aromatic ring is 1. The predicted molar refractivity (Wildman–Crippen MR) is 122 cm³/mol. The first-order chi connectivity index (χ1) is 16.4. The average Bonchev–Trinajstić information content (AvgIpc) is 3.11. The standard InChI is InChI=1S/C22H18F3N7O2S/c1-12-7-16-17(9-26)20(32(21(16)30-10-12)19-8-14(27)5-6-28-19)18-4-3-15(11-29-18)35(33,34)31-13(2)22(23,24)25/h3-8,10-11,13,31H,1-2H3,(H2,27,28)/t13-/m0/s1. The Labute approximate surface area is 198 Å². The average molecular weight is 501 g/mol. The second-order valence-corrected chi connectivity index (χ2v) is 9.48. The molecule has 0 aliphatic heterocycles. The summed E-state index contributed by atoms with van der Waals surface area (Å²) in [7, 11) is -4.50. The number of halogens is 3. The highest BCUT2D eigenvalue weighted by Crippen LogP contribution is 2.35. The van der Waals surface area contributed by atoms with Crippen molar-refractivity contribution in [2.24, 2.45) is 0 Å². The first-order valence-corrected chi connectivity index (χ1v) is 11.6. The molecule has 0 saturated heterocycles. The number of nitrogens with one attached hydrogen (secondary N) is 1. The first-order valence-electron chi connectivity index (χ1n) is 10.1. The van der Waals surface area contributed by atoms with Crippen LogP contribution in [-0.4, -0.2) is 40.2 Å². The van der Waals surface area contributed by atoms with Crippen LogP contribution in [0.25, 0.3) is 28.2 Å². The van der Waals surface area contributed by atoms with E-state index < -0.39 is 27.1 Å². The Balaban J connectivity index is 1.89. The van der Waals surface area contributed by atoms with E-state index in [2.05, 4.69) is 21.0 Å². The molecule has 1 atom stereocenters. The van der Waals surface area contributed by atoms with Crippen LogP contribution in [0.5, 0.6) is 0 Å². The van der Waals surface area contributed by atoms with E-state index in [9.17, 15) is 26.9 Å². The van der Waals surface area contributed by atoms with Gasteiger partial charge in [-0.2, -0.15) is 23.2 Å². The molecule has 4 aromatic rings. The number of alkyl halides is 3. The summed E-state index contributed by atoms with van der Waals surface area (Å²) in [5, 5.41) is 10.5. The van der Waals surface area contributed by atoms with Crippen molar-refractivity contribution in [2.45, 2.75) is 31.0 Å². The first kappa shape index (κ1) is 24.1. The fraction of sp³-hybridized carbons (Fsp3) is 0.182. The van der Waals surface area contributed by atoms with Crippen LogP contribution >= 0.6 is 0 Å². The molecule has 0 bridgehead atoms. The lowest BCUT2D eigenvalue weighted by Gasteiger charge is -2.17. The van der Waals surface area contributed by atoms with Crippen molar-refractivity contribution >= 4 is 26.7 Å². The summed E-state index contributed by atoms with van der Waals surface area (Å²) < 4.78 is 66.5. The Kier molecular flexibility index (Phi) is 5.95. The number of rotatable bonds is 5. The van der Waals surface area contributed by atoms with Crippen LogP contribution in [0.2, 0.25) is 0 Å². The van der Waals surface area contributed by atoms with Gasteiger partial charge >= 0.3 is 6.18 Å². The summed E-state index contributed by atoms with van der Waals surface area (Å²) in [5.41, 5.74) is 8.21. The van der Waals surface area contributed by atoms with Gasteiger partial charge in [0.2, 0.25) is 10.0 Å². The van der Waals surface area contributed by atoms with Crippen molar-refractivity contribution in [3.63, 3.8) is 0 Å². The lowest BCUT2D eigenvalue weighted by Crippen LogP contribution is -2.42. The van der Waals surface area contributed by atoms with Crippen molar-refractivity contribution in [3.05, 3.63) is 60.0 Å². The van der Waals surface area contributed by atoms with Gasteiger partial charge in [-0.3, -0.25) is 9.55 Å². The zero-order chi connectivity index (χ0) is 25.5. The Morgan fingerprint density at radius 3 is 2.49 bits per heavy atom. The van der Waals surface area contributed by atoms with Crippen molar-refractivity contribution in [3.8, 4) is 23.3 Å². The van der Waals surface area contributed by atoms with Gasteiger partial charge < -0.3 is 5.73 Å². The normalized spacial score (nSPS) is 13.0. The van der Waals surface area contributed by atoms with E-state index in [0.29, 0.717) is 29.5 Å². The number of aromatic nitrogens is 4. The molecule has 0 fully saturated rings. The second-order valence-electron chi connectivity index (χ2n) is 7.77. The van der Waals surface area contributed by atoms with E-state index in [4.69, 9.17) is 5.73 Å². The molecule has 4 rings (SSSR count). The molecule has 9 nitrogen and oxygen atoms in total. The van der Waals surface area contributed by atoms with Crippen LogP contribution in [0.3, 0.4) is 0 Å². The van der Waals surface area contributed by atoms with Gasteiger partial charge in [-0.25, -0.2) is 18.4 Å². The van der Waals surface area contributed by atoms with Crippen molar-refractivity contribution in [2.75, 3.05) is 5.73 Å². The number of nitrogens with two attached hydrogens (primary N) is 1. The number of fused-ring (bicyclic) bond motifs is 1. The lowest BCUT2D eigenvalue weighted by atomic mass is 10.1. The minimum atomic E-state index is -4.75. The smallest absolute Gasteiger partial charge is 0.399 e. The summed E-state index contributed by atoms with van der Waals surface area (Å²) in [6, 6.07) is 7.21. The summed E-state index contributed by atoms with van der Waals surface area (Å²) in [4.78, 5) is 12.5. The number of nitriles is 1. The minimum Gasteiger partial charge on any atom is -0.399 e. The Bertz CT molecular complexity index is 1570. The van der Waals surface area contributed by atoms with E-state index in [1.54, 1.807) is 33.7 Å². The third-order valence-corrected chi connectivity index (χ3v) is 6.69. The van der Waals surface area contributed by atoms with Crippen LogP contribution in [0, 0.1) is 18.3 Å². The van der Waals surface area contributed by atoms with Crippen molar-refractivity contribution < 1.29 is 21.6 Å². The molecule has 0 spiro atoms. The van der Waals surface area contributed by atoms with Gasteiger partial charge in [-0.15, -0.1) is 0 Å². The number of sulfonamides is 1. The molecule has 0 aliphatic carbocycles. The summed E-state index contributed by atoms with van der Waals surface area (Å²) >= 11 is 0. The molecule has 4 heterocycles. The van der Waals surface area contributed by atoms with Gasteiger partial charge in [0.15, 0.2) is 0 Å². The second kappa shape index (κ2) is 8.64. The van der Waals surface area contributed by atoms with E-state index in [0.717, 1.165) is 17.8 Å².